The van der Waals surface area contributed by atoms with Gasteiger partial charge in [-0.05, 0) is 25.5 Å². The van der Waals surface area contributed by atoms with E-state index in [1.54, 1.807) is 0 Å². The van der Waals surface area contributed by atoms with Gasteiger partial charge in [0.15, 0.2) is 0 Å². The highest BCUT2D eigenvalue weighted by atomic mass is 15.0. The van der Waals surface area contributed by atoms with Gasteiger partial charge in [0.2, 0.25) is 0 Å². The van der Waals surface area contributed by atoms with Crippen molar-refractivity contribution in [1.29, 1.82) is 0 Å². The number of hydrogen-bond donors (Lipinski definition) is 0. The van der Waals surface area contributed by atoms with Crippen molar-refractivity contribution in [3.63, 3.8) is 0 Å². The van der Waals surface area contributed by atoms with E-state index in [1.807, 2.05) is 14.0 Å². The van der Waals surface area contributed by atoms with Crippen molar-refractivity contribution in [2.45, 2.75) is 13.8 Å². The van der Waals surface area contributed by atoms with E-state index in [0.29, 0.717) is 0 Å². The standard InChI is InChI=1S/C10H12N2/c1-7-5-4-6-9-10(7)11-8(2)12(9)3/h4-6H,1-3H3. The predicted molar refractivity (Wildman–Crippen MR) is 50.2 cm³/mol. The van der Waals surface area contributed by atoms with Gasteiger partial charge in [0.1, 0.15) is 5.82 Å². The van der Waals surface area contributed by atoms with E-state index >= 15 is 0 Å². The third-order valence-corrected chi connectivity index (χ3v) is 2.34. The maximum absolute atomic E-state index is 4.48. The van der Waals surface area contributed by atoms with E-state index in [-0.39, 0.29) is 0 Å². The van der Waals surface area contributed by atoms with Crippen LogP contribution in [0, 0.1) is 13.8 Å². The van der Waals surface area contributed by atoms with Crippen LogP contribution in [-0.4, -0.2) is 9.55 Å². The summed E-state index contributed by atoms with van der Waals surface area (Å²) in [7, 11) is 2.05. The highest BCUT2D eigenvalue weighted by molar-refractivity contribution is 5.79. The van der Waals surface area contributed by atoms with Gasteiger partial charge >= 0.3 is 0 Å². The Bertz CT molecular complexity index is 427. The van der Waals surface area contributed by atoms with E-state index in [4.69, 9.17) is 0 Å². The molecule has 12 heavy (non-hydrogen) atoms. The first kappa shape index (κ1) is 7.35. The molecular weight excluding hydrogens is 148 g/mol. The van der Waals surface area contributed by atoms with Gasteiger partial charge < -0.3 is 4.57 Å². The normalized spacial score (nSPS) is 10.9. The number of rotatable bonds is 0. The van der Waals surface area contributed by atoms with Gasteiger partial charge in [0.05, 0.1) is 11.0 Å². The van der Waals surface area contributed by atoms with Crippen LogP contribution in [0.25, 0.3) is 11.0 Å². The highest BCUT2D eigenvalue weighted by Gasteiger charge is 2.04. The molecule has 0 amide bonds. The Morgan fingerprint density at radius 3 is 2.67 bits per heavy atom. The Morgan fingerprint density at radius 2 is 2.00 bits per heavy atom. The molecule has 0 bridgehead atoms. The number of para-hydroxylation sites is 1. The van der Waals surface area contributed by atoms with Crippen LogP contribution in [0.5, 0.6) is 0 Å². The Balaban J connectivity index is 2.95. The van der Waals surface area contributed by atoms with Gasteiger partial charge in [0, 0.05) is 7.05 Å². The van der Waals surface area contributed by atoms with Crippen LogP contribution in [0.1, 0.15) is 11.4 Å². The van der Waals surface area contributed by atoms with Crippen LogP contribution < -0.4 is 0 Å². The zero-order valence-electron chi connectivity index (χ0n) is 7.63. The number of fused-ring (bicyclic) bond motifs is 1. The molecule has 62 valence electrons. The molecule has 1 aromatic carbocycles. The molecule has 0 aliphatic carbocycles. The van der Waals surface area contributed by atoms with Crippen molar-refractivity contribution in [1.82, 2.24) is 9.55 Å². The molecular formula is C10H12N2. The molecule has 0 spiro atoms. The molecule has 0 N–H and O–H groups in total. The molecule has 0 atom stereocenters. The third kappa shape index (κ3) is 0.843. The molecule has 0 unspecified atom stereocenters. The molecule has 2 nitrogen and oxygen atoms in total. The van der Waals surface area contributed by atoms with E-state index in [1.165, 1.54) is 11.1 Å². The number of aryl methyl sites for hydroxylation is 3. The monoisotopic (exact) mass is 160 g/mol. The lowest BCUT2D eigenvalue weighted by Gasteiger charge is -1.96. The first-order valence-corrected chi connectivity index (χ1v) is 4.09. The van der Waals surface area contributed by atoms with Crippen LogP contribution in [0.4, 0.5) is 0 Å². The van der Waals surface area contributed by atoms with Crippen LogP contribution in [0.15, 0.2) is 18.2 Å². The molecule has 1 aromatic heterocycles. The molecule has 0 aliphatic rings. The van der Waals surface area contributed by atoms with E-state index in [9.17, 15) is 0 Å². The van der Waals surface area contributed by atoms with Crippen molar-refractivity contribution >= 4 is 11.0 Å². The lowest BCUT2D eigenvalue weighted by Crippen LogP contribution is -1.89. The quantitative estimate of drug-likeness (QED) is 0.577. The second-order valence-electron chi connectivity index (χ2n) is 3.16. The number of aromatic nitrogens is 2. The summed E-state index contributed by atoms with van der Waals surface area (Å²) in [4.78, 5) is 4.48. The van der Waals surface area contributed by atoms with Crippen molar-refractivity contribution in [2.75, 3.05) is 0 Å². The highest BCUT2D eigenvalue weighted by Crippen LogP contribution is 2.17. The zero-order valence-corrected chi connectivity index (χ0v) is 7.63. The summed E-state index contributed by atoms with van der Waals surface area (Å²) in [6.07, 6.45) is 0. The minimum atomic E-state index is 1.07. The largest absolute Gasteiger partial charge is 0.331 e. The topological polar surface area (TPSA) is 17.8 Å². The van der Waals surface area contributed by atoms with Crippen LogP contribution >= 0.6 is 0 Å². The average Bonchev–Trinajstić information content (AvgIpc) is 2.32. The molecule has 0 saturated heterocycles. The van der Waals surface area contributed by atoms with Gasteiger partial charge in [-0.3, -0.25) is 0 Å². The first-order chi connectivity index (χ1) is 5.70. The van der Waals surface area contributed by atoms with Gasteiger partial charge in [-0.1, -0.05) is 12.1 Å². The molecule has 0 fully saturated rings. The summed E-state index contributed by atoms with van der Waals surface area (Å²) in [5, 5.41) is 0. The zero-order chi connectivity index (χ0) is 8.72. The third-order valence-electron chi connectivity index (χ3n) is 2.34. The van der Waals surface area contributed by atoms with E-state index in [0.717, 1.165) is 11.3 Å². The Kier molecular flexibility index (Phi) is 1.43. The Hall–Kier alpha value is -1.31. The molecule has 2 rings (SSSR count). The van der Waals surface area contributed by atoms with Crippen molar-refractivity contribution in [2.24, 2.45) is 7.05 Å². The molecule has 1 heterocycles. The van der Waals surface area contributed by atoms with Gasteiger partial charge in [-0.15, -0.1) is 0 Å². The van der Waals surface area contributed by atoms with Gasteiger partial charge in [-0.2, -0.15) is 0 Å². The van der Waals surface area contributed by atoms with Gasteiger partial charge in [-0.25, -0.2) is 4.98 Å². The molecule has 0 radical (unpaired) electrons. The maximum Gasteiger partial charge on any atom is 0.106 e. The second-order valence-corrected chi connectivity index (χ2v) is 3.16. The Morgan fingerprint density at radius 1 is 1.25 bits per heavy atom. The maximum atomic E-state index is 4.48. The number of imidazole rings is 1. The minimum absolute atomic E-state index is 1.07. The summed E-state index contributed by atoms with van der Waals surface area (Å²) < 4.78 is 2.11. The fraction of sp³-hybridized carbons (Fsp3) is 0.300. The molecule has 0 aliphatic heterocycles. The minimum Gasteiger partial charge on any atom is -0.331 e. The fourth-order valence-electron chi connectivity index (χ4n) is 1.47. The van der Waals surface area contributed by atoms with Crippen LogP contribution in [0.3, 0.4) is 0 Å². The van der Waals surface area contributed by atoms with Crippen LogP contribution in [-0.2, 0) is 7.05 Å². The number of nitrogens with zero attached hydrogens (tertiary/aromatic N) is 2. The van der Waals surface area contributed by atoms with Crippen molar-refractivity contribution < 1.29 is 0 Å². The molecule has 0 saturated carbocycles. The van der Waals surface area contributed by atoms with Crippen molar-refractivity contribution in [3.8, 4) is 0 Å². The molecule has 2 aromatic rings. The Labute approximate surface area is 71.8 Å². The summed E-state index contributed by atoms with van der Waals surface area (Å²) in [6, 6.07) is 6.26. The van der Waals surface area contributed by atoms with Crippen molar-refractivity contribution in [3.05, 3.63) is 29.6 Å². The average molecular weight is 160 g/mol. The summed E-state index contributed by atoms with van der Waals surface area (Å²) in [6.45, 7) is 4.12. The first-order valence-electron chi connectivity index (χ1n) is 4.09. The SMILES string of the molecule is Cc1cccc2c1nc(C)n2C. The molecule has 2 heteroatoms. The summed E-state index contributed by atoms with van der Waals surface area (Å²) in [5.74, 6) is 1.07. The smallest absolute Gasteiger partial charge is 0.106 e. The van der Waals surface area contributed by atoms with E-state index < -0.39 is 0 Å². The van der Waals surface area contributed by atoms with Crippen LogP contribution in [0.2, 0.25) is 0 Å². The fourth-order valence-corrected chi connectivity index (χ4v) is 1.47. The second kappa shape index (κ2) is 2.34. The number of hydrogen-bond acceptors (Lipinski definition) is 1. The lowest BCUT2D eigenvalue weighted by atomic mass is 10.2. The summed E-state index contributed by atoms with van der Waals surface area (Å²) >= 11 is 0. The summed E-state index contributed by atoms with van der Waals surface area (Å²) in [5.41, 5.74) is 3.58. The predicted octanol–water partition coefficient (Wildman–Crippen LogP) is 2.19. The van der Waals surface area contributed by atoms with Gasteiger partial charge in [0.25, 0.3) is 0 Å². The van der Waals surface area contributed by atoms with E-state index in [2.05, 4.69) is 34.7 Å². The number of benzene rings is 1. The lowest BCUT2D eigenvalue weighted by molar-refractivity contribution is 0.886.